The Morgan fingerprint density at radius 3 is 2.73 bits per heavy atom. The van der Waals surface area contributed by atoms with E-state index in [4.69, 9.17) is 5.73 Å². The number of aryl methyl sites for hydroxylation is 1. The number of aromatic nitrogens is 3. The number of amides is 1. The number of nitrogens with zero attached hydrogens (tertiary/aromatic N) is 3. The van der Waals surface area contributed by atoms with Crippen molar-refractivity contribution in [2.75, 3.05) is 6.54 Å². The summed E-state index contributed by atoms with van der Waals surface area (Å²) in [5.74, 6) is 0.331. The lowest BCUT2D eigenvalue weighted by Crippen LogP contribution is -2.38. The number of nitrogens with one attached hydrogen (secondary N) is 1. The minimum atomic E-state index is -0.232. The maximum atomic E-state index is 12.0. The van der Waals surface area contributed by atoms with Crippen molar-refractivity contribution in [2.24, 2.45) is 11.7 Å². The summed E-state index contributed by atoms with van der Waals surface area (Å²) >= 11 is 0. The van der Waals surface area contributed by atoms with Gasteiger partial charge in [-0.05, 0) is 37.8 Å². The van der Waals surface area contributed by atoms with E-state index in [2.05, 4.69) is 15.6 Å². The van der Waals surface area contributed by atoms with Crippen molar-refractivity contribution in [3.8, 4) is 5.69 Å². The molecule has 1 aromatic carbocycles. The Labute approximate surface area is 135 Å². The minimum Gasteiger partial charge on any atom is -0.349 e. The average Bonchev–Trinajstić information content (AvgIpc) is 3.23. The quantitative estimate of drug-likeness (QED) is 0.873. The van der Waals surface area contributed by atoms with Gasteiger partial charge in [0, 0.05) is 12.6 Å². The van der Waals surface area contributed by atoms with Crippen LogP contribution in [0.15, 0.2) is 30.5 Å². The van der Waals surface area contributed by atoms with Crippen LogP contribution in [0.4, 0.5) is 0 Å². The molecular formula is C15H20ClN5O. The molecular weight excluding hydrogens is 302 g/mol. The normalized spacial score (nSPS) is 15.0. The topological polar surface area (TPSA) is 85.8 Å². The Kier molecular flexibility index (Phi) is 5.15. The van der Waals surface area contributed by atoms with Crippen LogP contribution in [0.1, 0.15) is 28.9 Å². The number of hydrogen-bond acceptors (Lipinski definition) is 4. The third-order valence-electron chi connectivity index (χ3n) is 3.75. The second kappa shape index (κ2) is 6.89. The summed E-state index contributed by atoms with van der Waals surface area (Å²) in [5, 5.41) is 10.7. The average molecular weight is 322 g/mol. The Balaban J connectivity index is 0.00000176. The van der Waals surface area contributed by atoms with E-state index in [1.54, 1.807) is 10.9 Å². The molecule has 1 unspecified atom stereocenters. The molecule has 2 aromatic rings. The van der Waals surface area contributed by atoms with Crippen molar-refractivity contribution < 1.29 is 4.79 Å². The van der Waals surface area contributed by atoms with Gasteiger partial charge in [0.2, 0.25) is 0 Å². The van der Waals surface area contributed by atoms with Crippen LogP contribution in [0.3, 0.4) is 0 Å². The highest BCUT2D eigenvalue weighted by Crippen LogP contribution is 2.31. The first-order chi connectivity index (χ1) is 10.1. The van der Waals surface area contributed by atoms with Crippen LogP contribution in [0.2, 0.25) is 0 Å². The molecule has 1 aliphatic carbocycles. The molecule has 7 heteroatoms. The first kappa shape index (κ1) is 16.5. The van der Waals surface area contributed by atoms with E-state index in [0.29, 0.717) is 18.2 Å². The fourth-order valence-electron chi connectivity index (χ4n) is 2.18. The van der Waals surface area contributed by atoms with Crippen LogP contribution in [-0.2, 0) is 0 Å². The Morgan fingerprint density at radius 2 is 2.09 bits per heavy atom. The van der Waals surface area contributed by atoms with Gasteiger partial charge in [-0.25, -0.2) is 4.68 Å². The number of benzene rings is 1. The van der Waals surface area contributed by atoms with Crippen molar-refractivity contribution >= 4 is 18.3 Å². The van der Waals surface area contributed by atoms with Gasteiger partial charge in [-0.1, -0.05) is 22.9 Å². The van der Waals surface area contributed by atoms with Crippen molar-refractivity contribution in [3.05, 3.63) is 41.7 Å². The van der Waals surface area contributed by atoms with Crippen molar-refractivity contribution in [3.63, 3.8) is 0 Å². The SMILES string of the molecule is Cc1ccc(-n2cc(C(=O)NCC(N)C3CC3)nn2)cc1.Cl. The van der Waals surface area contributed by atoms with Crippen molar-refractivity contribution in [1.82, 2.24) is 20.3 Å². The second-order valence-corrected chi connectivity index (χ2v) is 5.60. The monoisotopic (exact) mass is 321 g/mol. The molecule has 1 heterocycles. The molecule has 3 N–H and O–H groups in total. The van der Waals surface area contributed by atoms with Gasteiger partial charge < -0.3 is 11.1 Å². The van der Waals surface area contributed by atoms with Gasteiger partial charge in [0.1, 0.15) is 0 Å². The lowest BCUT2D eigenvalue weighted by molar-refractivity contribution is 0.0945. The molecule has 1 aromatic heterocycles. The van der Waals surface area contributed by atoms with E-state index in [-0.39, 0.29) is 24.4 Å². The summed E-state index contributed by atoms with van der Waals surface area (Å²) < 4.78 is 1.59. The van der Waals surface area contributed by atoms with Crippen LogP contribution < -0.4 is 11.1 Å². The standard InChI is InChI=1S/C15H19N5O.ClH/c1-10-2-6-12(7-3-10)20-9-14(18-19-20)15(21)17-8-13(16)11-4-5-11;/h2-3,6-7,9,11,13H,4-5,8,16H2,1H3,(H,17,21);1H. The molecule has 1 amide bonds. The smallest absolute Gasteiger partial charge is 0.273 e. The molecule has 1 atom stereocenters. The lowest BCUT2D eigenvalue weighted by Gasteiger charge is -2.10. The summed E-state index contributed by atoms with van der Waals surface area (Å²) in [4.78, 5) is 12.0. The third-order valence-corrected chi connectivity index (χ3v) is 3.75. The molecule has 118 valence electrons. The van der Waals surface area contributed by atoms with Crippen LogP contribution in [-0.4, -0.2) is 33.5 Å². The van der Waals surface area contributed by atoms with Gasteiger partial charge in [0.05, 0.1) is 11.9 Å². The Morgan fingerprint density at radius 1 is 1.41 bits per heavy atom. The predicted octanol–water partition coefficient (Wildman–Crippen LogP) is 1.46. The molecule has 0 saturated heterocycles. The van der Waals surface area contributed by atoms with Crippen LogP contribution in [0, 0.1) is 12.8 Å². The Bertz CT molecular complexity index is 636. The molecule has 3 rings (SSSR count). The molecule has 0 bridgehead atoms. The highest BCUT2D eigenvalue weighted by molar-refractivity contribution is 5.91. The van der Waals surface area contributed by atoms with Gasteiger partial charge in [0.15, 0.2) is 5.69 Å². The zero-order valence-electron chi connectivity index (χ0n) is 12.4. The summed E-state index contributed by atoms with van der Waals surface area (Å²) in [6, 6.07) is 7.90. The molecule has 6 nitrogen and oxygen atoms in total. The molecule has 0 radical (unpaired) electrons. The molecule has 1 fully saturated rings. The number of hydrogen-bond donors (Lipinski definition) is 2. The molecule has 1 saturated carbocycles. The fraction of sp³-hybridized carbons (Fsp3) is 0.400. The first-order valence-corrected chi connectivity index (χ1v) is 7.16. The molecule has 0 aliphatic heterocycles. The van der Waals surface area contributed by atoms with Gasteiger partial charge in [-0.15, -0.1) is 17.5 Å². The minimum absolute atomic E-state index is 0. The van der Waals surface area contributed by atoms with Crippen LogP contribution in [0.25, 0.3) is 5.69 Å². The van der Waals surface area contributed by atoms with E-state index in [0.717, 1.165) is 5.69 Å². The summed E-state index contributed by atoms with van der Waals surface area (Å²) in [6.07, 6.45) is 3.96. The van der Waals surface area contributed by atoms with E-state index in [1.165, 1.54) is 18.4 Å². The number of rotatable bonds is 5. The van der Waals surface area contributed by atoms with Crippen LogP contribution in [0.5, 0.6) is 0 Å². The zero-order valence-corrected chi connectivity index (χ0v) is 13.2. The highest BCUT2D eigenvalue weighted by atomic mass is 35.5. The largest absolute Gasteiger partial charge is 0.349 e. The number of nitrogens with two attached hydrogens (primary N) is 1. The maximum Gasteiger partial charge on any atom is 0.273 e. The van der Waals surface area contributed by atoms with E-state index in [9.17, 15) is 4.79 Å². The van der Waals surface area contributed by atoms with E-state index < -0.39 is 0 Å². The zero-order chi connectivity index (χ0) is 14.8. The van der Waals surface area contributed by atoms with Gasteiger partial charge in [-0.3, -0.25) is 4.79 Å². The van der Waals surface area contributed by atoms with E-state index in [1.807, 2.05) is 31.2 Å². The second-order valence-electron chi connectivity index (χ2n) is 5.60. The summed E-state index contributed by atoms with van der Waals surface area (Å²) in [7, 11) is 0. The predicted molar refractivity (Wildman–Crippen MR) is 86.4 cm³/mol. The van der Waals surface area contributed by atoms with Gasteiger partial charge >= 0.3 is 0 Å². The van der Waals surface area contributed by atoms with Gasteiger partial charge in [-0.2, -0.15) is 0 Å². The maximum absolute atomic E-state index is 12.0. The van der Waals surface area contributed by atoms with Crippen LogP contribution >= 0.6 is 12.4 Å². The van der Waals surface area contributed by atoms with Crippen molar-refractivity contribution in [1.29, 1.82) is 0 Å². The third kappa shape index (κ3) is 3.84. The number of halogens is 1. The molecule has 22 heavy (non-hydrogen) atoms. The first-order valence-electron chi connectivity index (χ1n) is 7.16. The molecule has 1 aliphatic rings. The van der Waals surface area contributed by atoms with Gasteiger partial charge in [0.25, 0.3) is 5.91 Å². The fourth-order valence-corrected chi connectivity index (χ4v) is 2.18. The van der Waals surface area contributed by atoms with E-state index >= 15 is 0 Å². The molecule has 0 spiro atoms. The lowest BCUT2D eigenvalue weighted by atomic mass is 10.2. The van der Waals surface area contributed by atoms with Crippen molar-refractivity contribution in [2.45, 2.75) is 25.8 Å². The highest BCUT2D eigenvalue weighted by Gasteiger charge is 2.28. The summed E-state index contributed by atoms with van der Waals surface area (Å²) in [6.45, 7) is 2.51. The summed E-state index contributed by atoms with van der Waals surface area (Å²) in [5.41, 5.74) is 8.31. The number of carbonyl (C=O) groups excluding carboxylic acids is 1. The number of carbonyl (C=O) groups is 1. The Hall–Kier alpha value is -1.92.